The number of rotatable bonds is 7. The molecule has 0 heterocycles. The van der Waals surface area contributed by atoms with Gasteiger partial charge in [-0.3, -0.25) is 4.99 Å². The summed E-state index contributed by atoms with van der Waals surface area (Å²) in [5, 5.41) is 8.63. The first-order valence-electron chi connectivity index (χ1n) is 14.1. The molecule has 1 N–H and O–H groups in total. The van der Waals surface area contributed by atoms with Crippen molar-refractivity contribution in [1.82, 2.24) is 0 Å². The SMILES string of the molecule is COC1=C(/C=C/C(C)=N/c2ccc3ccccc3c2C)CCC/C1=C\C=C(/C)Nc1ccc2ccccc2c1C. The number of nitrogens with one attached hydrogen (secondary N) is 1. The van der Waals surface area contributed by atoms with Crippen molar-refractivity contribution in [3.8, 4) is 0 Å². The lowest BCUT2D eigenvalue weighted by Gasteiger charge is -2.20. The summed E-state index contributed by atoms with van der Waals surface area (Å²) in [5.41, 5.74) is 9.13. The van der Waals surface area contributed by atoms with Crippen LogP contribution in [0.25, 0.3) is 21.5 Å². The molecule has 0 aliphatic heterocycles. The molecule has 0 fully saturated rings. The highest BCUT2D eigenvalue weighted by molar-refractivity contribution is 5.97. The van der Waals surface area contributed by atoms with E-state index in [2.05, 4.69) is 130 Å². The summed E-state index contributed by atoms with van der Waals surface area (Å²) >= 11 is 0. The Bertz CT molecular complexity index is 1720. The van der Waals surface area contributed by atoms with Crippen molar-refractivity contribution >= 4 is 38.6 Å². The van der Waals surface area contributed by atoms with Crippen molar-refractivity contribution in [3.05, 3.63) is 131 Å². The van der Waals surface area contributed by atoms with Crippen molar-refractivity contribution in [3.63, 3.8) is 0 Å². The van der Waals surface area contributed by atoms with E-state index in [9.17, 15) is 0 Å². The maximum Gasteiger partial charge on any atom is 0.125 e. The van der Waals surface area contributed by atoms with Crippen molar-refractivity contribution < 1.29 is 4.74 Å². The fourth-order valence-electron chi connectivity index (χ4n) is 5.51. The molecule has 0 amide bonds. The van der Waals surface area contributed by atoms with Crippen LogP contribution in [0.4, 0.5) is 11.4 Å². The van der Waals surface area contributed by atoms with E-state index in [0.717, 1.165) is 47.8 Å². The molecule has 1 aliphatic rings. The highest BCUT2D eigenvalue weighted by atomic mass is 16.5. The molecule has 1 aliphatic carbocycles. The van der Waals surface area contributed by atoms with Crippen LogP contribution in [0, 0.1) is 13.8 Å². The van der Waals surface area contributed by atoms with Gasteiger partial charge in [0.1, 0.15) is 5.76 Å². The lowest BCUT2D eigenvalue weighted by atomic mass is 9.92. The second kappa shape index (κ2) is 12.2. The van der Waals surface area contributed by atoms with Gasteiger partial charge >= 0.3 is 0 Å². The Hall–Kier alpha value is -4.37. The summed E-state index contributed by atoms with van der Waals surface area (Å²) in [6.07, 6.45) is 11.7. The quantitative estimate of drug-likeness (QED) is 0.243. The first kappa shape index (κ1) is 27.2. The van der Waals surface area contributed by atoms with Crippen LogP contribution in [0.1, 0.15) is 44.2 Å². The standard InChI is InChI=1S/C37H38N2O/c1-25(38-35-23-21-29-11-6-8-15-33(29)27(35)3)17-19-31-13-10-14-32(37(31)40-5)20-18-26(2)39-36-24-22-30-12-7-9-16-34(30)28(36)4/h6-9,11-12,15-24,38H,10,13-14H2,1-5H3/b20-18+,25-17+,31-19+,39-26+. The molecule has 4 aromatic carbocycles. The Kier molecular flexibility index (Phi) is 8.31. The van der Waals surface area contributed by atoms with Crippen LogP contribution in [0.3, 0.4) is 0 Å². The average Bonchev–Trinajstić information content (AvgIpc) is 2.98. The number of hydrogen-bond acceptors (Lipinski definition) is 3. The maximum absolute atomic E-state index is 5.92. The summed E-state index contributed by atoms with van der Waals surface area (Å²) in [7, 11) is 1.77. The second-order valence-corrected chi connectivity index (χ2v) is 10.6. The molecule has 0 bridgehead atoms. The molecule has 4 aromatic rings. The monoisotopic (exact) mass is 526 g/mol. The molecule has 40 heavy (non-hydrogen) atoms. The molecule has 0 spiro atoms. The van der Waals surface area contributed by atoms with Crippen molar-refractivity contribution in [2.45, 2.75) is 47.0 Å². The minimum Gasteiger partial charge on any atom is -0.496 e. The van der Waals surface area contributed by atoms with E-state index in [1.165, 1.54) is 43.8 Å². The van der Waals surface area contributed by atoms with E-state index in [1.807, 2.05) is 0 Å². The van der Waals surface area contributed by atoms with Crippen LogP contribution in [-0.4, -0.2) is 12.8 Å². The van der Waals surface area contributed by atoms with Crippen LogP contribution in [0.15, 0.2) is 125 Å². The molecule has 0 atom stereocenters. The number of aryl methyl sites for hydroxylation is 2. The molecular weight excluding hydrogens is 488 g/mol. The van der Waals surface area contributed by atoms with Gasteiger partial charge in [0.25, 0.3) is 0 Å². The molecule has 0 radical (unpaired) electrons. The third kappa shape index (κ3) is 5.94. The van der Waals surface area contributed by atoms with E-state index in [0.29, 0.717) is 0 Å². The number of anilines is 1. The second-order valence-electron chi connectivity index (χ2n) is 10.6. The van der Waals surface area contributed by atoms with Gasteiger partial charge in [-0.1, -0.05) is 72.8 Å². The zero-order valence-electron chi connectivity index (χ0n) is 24.2. The Morgan fingerprint density at radius 2 is 1.50 bits per heavy atom. The van der Waals surface area contributed by atoms with Crippen molar-refractivity contribution in [1.29, 1.82) is 0 Å². The van der Waals surface area contributed by atoms with Gasteiger partial charge in [-0.05, 0) is 115 Å². The average molecular weight is 527 g/mol. The zero-order valence-corrected chi connectivity index (χ0v) is 24.2. The van der Waals surface area contributed by atoms with Crippen LogP contribution >= 0.6 is 0 Å². The fourth-order valence-corrected chi connectivity index (χ4v) is 5.51. The minimum atomic E-state index is 0.975. The predicted molar refractivity (Wildman–Crippen MR) is 173 cm³/mol. The normalized spacial score (nSPS) is 16.0. The zero-order chi connectivity index (χ0) is 28.1. The highest BCUT2D eigenvalue weighted by Crippen LogP contribution is 2.32. The number of fused-ring (bicyclic) bond motifs is 2. The summed E-state index contributed by atoms with van der Waals surface area (Å²) in [5.74, 6) is 0.975. The van der Waals surface area contributed by atoms with Crippen LogP contribution in [0.2, 0.25) is 0 Å². The number of nitrogens with zero attached hydrogens (tertiary/aromatic N) is 1. The largest absolute Gasteiger partial charge is 0.496 e. The molecule has 5 rings (SSSR count). The lowest BCUT2D eigenvalue weighted by Crippen LogP contribution is -2.05. The van der Waals surface area contributed by atoms with Gasteiger partial charge in [0, 0.05) is 17.1 Å². The minimum absolute atomic E-state index is 0.975. The Morgan fingerprint density at radius 3 is 2.23 bits per heavy atom. The molecule has 0 unspecified atom stereocenters. The molecule has 3 nitrogen and oxygen atoms in total. The summed E-state index contributed by atoms with van der Waals surface area (Å²) < 4.78 is 5.92. The number of hydrogen-bond donors (Lipinski definition) is 1. The first-order valence-corrected chi connectivity index (χ1v) is 14.1. The maximum atomic E-state index is 5.92. The van der Waals surface area contributed by atoms with Crippen LogP contribution in [-0.2, 0) is 4.74 Å². The Balaban J connectivity index is 1.35. The van der Waals surface area contributed by atoms with Gasteiger partial charge in [-0.2, -0.15) is 0 Å². The highest BCUT2D eigenvalue weighted by Gasteiger charge is 2.16. The van der Waals surface area contributed by atoms with Gasteiger partial charge in [0.15, 0.2) is 0 Å². The van der Waals surface area contributed by atoms with Crippen LogP contribution < -0.4 is 5.32 Å². The molecule has 0 saturated heterocycles. The Labute approximate surface area is 238 Å². The lowest BCUT2D eigenvalue weighted by molar-refractivity contribution is 0.289. The summed E-state index contributed by atoms with van der Waals surface area (Å²) in [6, 6.07) is 25.6. The molecule has 3 heteroatoms. The molecule has 0 saturated carbocycles. The number of benzene rings is 4. The fraction of sp³-hybridized carbons (Fsp3) is 0.216. The predicted octanol–water partition coefficient (Wildman–Crippen LogP) is 10.3. The van der Waals surface area contributed by atoms with Crippen LogP contribution in [0.5, 0.6) is 0 Å². The van der Waals surface area contributed by atoms with Gasteiger partial charge in [0.05, 0.1) is 12.8 Å². The Morgan fingerprint density at radius 1 is 0.825 bits per heavy atom. The van der Waals surface area contributed by atoms with E-state index < -0.39 is 0 Å². The number of allylic oxidation sites excluding steroid dienone is 7. The molecule has 202 valence electrons. The number of aliphatic imine (C=N–C) groups is 1. The van der Waals surface area contributed by atoms with E-state index >= 15 is 0 Å². The third-order valence-electron chi connectivity index (χ3n) is 7.74. The topological polar surface area (TPSA) is 33.6 Å². The van der Waals surface area contributed by atoms with E-state index in [4.69, 9.17) is 9.73 Å². The third-order valence-corrected chi connectivity index (χ3v) is 7.74. The van der Waals surface area contributed by atoms with Gasteiger partial charge < -0.3 is 10.1 Å². The number of ether oxygens (including phenoxy) is 1. The van der Waals surface area contributed by atoms with Crippen molar-refractivity contribution in [2.75, 3.05) is 12.4 Å². The molecule has 0 aromatic heterocycles. The van der Waals surface area contributed by atoms with Crippen molar-refractivity contribution in [2.24, 2.45) is 4.99 Å². The van der Waals surface area contributed by atoms with E-state index in [1.54, 1.807) is 7.11 Å². The van der Waals surface area contributed by atoms with Gasteiger partial charge in [-0.25, -0.2) is 0 Å². The molecular formula is C37H38N2O. The van der Waals surface area contributed by atoms with Gasteiger partial charge in [-0.15, -0.1) is 0 Å². The first-order chi connectivity index (χ1) is 19.4. The summed E-state index contributed by atoms with van der Waals surface area (Å²) in [4.78, 5) is 4.92. The smallest absolute Gasteiger partial charge is 0.125 e. The summed E-state index contributed by atoms with van der Waals surface area (Å²) in [6.45, 7) is 8.49. The van der Waals surface area contributed by atoms with Gasteiger partial charge in [0.2, 0.25) is 0 Å². The van der Waals surface area contributed by atoms with E-state index in [-0.39, 0.29) is 0 Å². The number of methoxy groups -OCH3 is 1.